The van der Waals surface area contributed by atoms with Crippen molar-refractivity contribution >= 4 is 0 Å². The first-order valence-corrected chi connectivity index (χ1v) is 18.1. The van der Waals surface area contributed by atoms with Crippen LogP contribution in [0.15, 0.2) is 72.6 Å². The lowest BCUT2D eigenvalue weighted by molar-refractivity contribution is -0.154. The molecule has 3 aromatic rings. The molecule has 0 bridgehead atoms. The summed E-state index contributed by atoms with van der Waals surface area (Å²) in [7, 11) is 1.44. The zero-order valence-corrected chi connectivity index (χ0v) is 28.5. The maximum atomic E-state index is 11.6. The first kappa shape index (κ1) is 33.1. The maximum absolute atomic E-state index is 11.6. The number of rotatable bonds is 7. The summed E-state index contributed by atoms with van der Waals surface area (Å²) in [5.41, 5.74) is 5.77. The van der Waals surface area contributed by atoms with E-state index in [9.17, 15) is 25.5 Å². The summed E-state index contributed by atoms with van der Waals surface area (Å²) in [6.07, 6.45) is 18.8. The fraction of sp³-hybridized carbons (Fsp3) is 0.463. The molecule has 9 unspecified atom stereocenters. The highest BCUT2D eigenvalue weighted by Crippen LogP contribution is 2.53. The van der Waals surface area contributed by atoms with Crippen molar-refractivity contribution in [2.24, 2.45) is 17.8 Å². The number of ether oxygens (including phenoxy) is 2. The summed E-state index contributed by atoms with van der Waals surface area (Å²) in [5.74, 6) is 0.673. The standard InChI is InChI=1S/C41H48N2O7/c1-49-41-31(14-22-11-13-42-20-22)38(32(21-44)39(47)40(41)48)37-19-35(46)28-9-7-24(18-36(28)50-37)23-8-10-34(45)30(15-23)27-6-2-4-25-17-33-26(16-29(25)27)5-3-12-43-33/h2-3,5-6,8,10-11,13,15-16,20,24-25,27-29,33,35-37,42-48H,4,7,9,12,14,17-19,21H2,1H3. The topological polar surface area (TPSA) is 147 Å². The van der Waals surface area contributed by atoms with Crippen molar-refractivity contribution in [1.82, 2.24) is 10.3 Å². The summed E-state index contributed by atoms with van der Waals surface area (Å²) >= 11 is 0. The monoisotopic (exact) mass is 680 g/mol. The number of methoxy groups -OCH3 is 1. The first-order valence-electron chi connectivity index (χ1n) is 18.1. The van der Waals surface area contributed by atoms with Crippen molar-refractivity contribution in [3.05, 3.63) is 106 Å². The quantitative estimate of drug-likeness (QED) is 0.117. The minimum absolute atomic E-state index is 0.0432. The van der Waals surface area contributed by atoms with Crippen LogP contribution in [0, 0.1) is 17.8 Å². The summed E-state index contributed by atoms with van der Waals surface area (Å²) in [6.45, 7) is 0.401. The summed E-state index contributed by atoms with van der Waals surface area (Å²) in [5, 5.41) is 58.8. The van der Waals surface area contributed by atoms with Crippen LogP contribution in [0.3, 0.4) is 0 Å². The molecule has 2 aliphatic heterocycles. The number of hydrogen-bond donors (Lipinski definition) is 7. The average Bonchev–Trinajstić information content (AvgIpc) is 3.65. The predicted molar refractivity (Wildman–Crippen MR) is 189 cm³/mol. The number of fused-ring (bicyclic) bond motifs is 3. The molecule has 3 heterocycles. The molecule has 1 aromatic heterocycles. The minimum atomic E-state index is -0.639. The Kier molecular flexibility index (Phi) is 9.02. The van der Waals surface area contributed by atoms with Gasteiger partial charge in [0.1, 0.15) is 5.75 Å². The van der Waals surface area contributed by atoms with E-state index in [1.165, 1.54) is 18.2 Å². The molecular formula is C41H48N2O7. The van der Waals surface area contributed by atoms with Crippen molar-refractivity contribution in [3.63, 3.8) is 0 Å². The van der Waals surface area contributed by atoms with Crippen molar-refractivity contribution in [3.8, 4) is 23.0 Å². The van der Waals surface area contributed by atoms with E-state index in [1.54, 1.807) is 0 Å². The maximum Gasteiger partial charge on any atom is 0.201 e. The Morgan fingerprint density at radius 3 is 2.68 bits per heavy atom. The number of aromatic nitrogens is 1. The van der Waals surface area contributed by atoms with Crippen molar-refractivity contribution in [1.29, 1.82) is 0 Å². The molecule has 0 radical (unpaired) electrons. The van der Waals surface area contributed by atoms with Gasteiger partial charge in [-0.05, 0) is 84.3 Å². The Morgan fingerprint density at radius 1 is 1.00 bits per heavy atom. The fourth-order valence-corrected chi connectivity index (χ4v) is 9.77. The van der Waals surface area contributed by atoms with E-state index in [2.05, 4.69) is 46.7 Å². The van der Waals surface area contributed by atoms with Gasteiger partial charge in [-0.25, -0.2) is 0 Å². The van der Waals surface area contributed by atoms with E-state index < -0.39 is 30.3 Å². The van der Waals surface area contributed by atoms with Crippen LogP contribution in [0.5, 0.6) is 23.0 Å². The molecule has 9 heteroatoms. The van der Waals surface area contributed by atoms with E-state index in [1.807, 2.05) is 30.6 Å². The molecule has 2 fully saturated rings. The zero-order chi connectivity index (χ0) is 34.5. The predicted octanol–water partition coefficient (Wildman–Crippen LogP) is 6.13. The van der Waals surface area contributed by atoms with Gasteiger partial charge in [0.25, 0.3) is 0 Å². The lowest BCUT2D eigenvalue weighted by atomic mass is 9.65. The van der Waals surface area contributed by atoms with Crippen LogP contribution in [0.4, 0.5) is 0 Å². The summed E-state index contributed by atoms with van der Waals surface area (Å²) in [6, 6.07) is 8.42. The first-order chi connectivity index (χ1) is 24.3. The molecule has 5 aliphatic rings. The minimum Gasteiger partial charge on any atom is -0.508 e. The Labute approximate surface area is 293 Å². The van der Waals surface area contributed by atoms with E-state index in [4.69, 9.17) is 9.47 Å². The number of aliphatic hydroxyl groups is 2. The molecule has 1 saturated heterocycles. The highest BCUT2D eigenvalue weighted by molar-refractivity contribution is 5.64. The summed E-state index contributed by atoms with van der Waals surface area (Å²) in [4.78, 5) is 3.06. The van der Waals surface area contributed by atoms with E-state index in [0.717, 1.165) is 43.4 Å². The van der Waals surface area contributed by atoms with Gasteiger partial charge in [-0.15, -0.1) is 0 Å². The van der Waals surface area contributed by atoms with Gasteiger partial charge in [0.05, 0.1) is 32.0 Å². The van der Waals surface area contributed by atoms with Crippen LogP contribution in [-0.2, 0) is 17.8 Å². The molecule has 0 spiro atoms. The molecule has 7 N–H and O–H groups in total. The van der Waals surface area contributed by atoms with Gasteiger partial charge in [0.2, 0.25) is 5.75 Å². The molecule has 0 amide bonds. The molecule has 8 rings (SSSR count). The number of benzene rings is 2. The number of aliphatic hydroxyl groups excluding tert-OH is 2. The van der Waals surface area contributed by atoms with E-state index in [0.29, 0.717) is 54.0 Å². The number of aromatic hydroxyl groups is 3. The molecule has 264 valence electrons. The lowest BCUT2D eigenvalue weighted by Crippen LogP contribution is -2.44. The number of allylic oxidation sites excluding steroid dienone is 3. The second kappa shape index (κ2) is 13.6. The largest absolute Gasteiger partial charge is 0.508 e. The highest BCUT2D eigenvalue weighted by atomic mass is 16.5. The molecule has 9 nitrogen and oxygen atoms in total. The molecule has 2 aromatic carbocycles. The van der Waals surface area contributed by atoms with Crippen LogP contribution in [-0.4, -0.2) is 62.4 Å². The zero-order valence-electron chi connectivity index (χ0n) is 28.5. The number of H-pyrrole nitrogens is 1. The molecule has 3 aliphatic carbocycles. The Bertz CT molecular complexity index is 1810. The van der Waals surface area contributed by atoms with Gasteiger partial charge >= 0.3 is 0 Å². The van der Waals surface area contributed by atoms with Crippen molar-refractivity contribution < 1.29 is 35.0 Å². The normalized spacial score (nSPS) is 31.7. The molecular weight excluding hydrogens is 632 g/mol. The third kappa shape index (κ3) is 5.84. The molecule has 9 atom stereocenters. The van der Waals surface area contributed by atoms with Crippen LogP contribution < -0.4 is 10.1 Å². The number of aromatic amines is 1. The van der Waals surface area contributed by atoms with Crippen LogP contribution in [0.1, 0.15) is 89.8 Å². The van der Waals surface area contributed by atoms with E-state index in [-0.39, 0.29) is 35.2 Å². The lowest BCUT2D eigenvalue weighted by Gasteiger charge is -2.46. The Balaban J connectivity index is 1.09. The van der Waals surface area contributed by atoms with E-state index >= 15 is 0 Å². The van der Waals surface area contributed by atoms with Crippen LogP contribution in [0.25, 0.3) is 0 Å². The van der Waals surface area contributed by atoms with Gasteiger partial charge in [-0.1, -0.05) is 42.5 Å². The van der Waals surface area contributed by atoms with Crippen LogP contribution >= 0.6 is 0 Å². The Hall–Kier alpha value is -4.02. The third-order valence-electron chi connectivity index (χ3n) is 12.3. The van der Waals surface area contributed by atoms with Gasteiger partial charge in [0.15, 0.2) is 11.5 Å². The highest BCUT2D eigenvalue weighted by Gasteiger charge is 2.45. The third-order valence-corrected chi connectivity index (χ3v) is 12.3. The summed E-state index contributed by atoms with van der Waals surface area (Å²) < 4.78 is 12.5. The van der Waals surface area contributed by atoms with Crippen molar-refractivity contribution in [2.45, 2.75) is 87.7 Å². The van der Waals surface area contributed by atoms with Gasteiger partial charge in [-0.3, -0.25) is 0 Å². The van der Waals surface area contributed by atoms with Crippen LogP contribution in [0.2, 0.25) is 0 Å². The number of phenols is 3. The second-order valence-electron chi connectivity index (χ2n) is 14.9. The number of phenolic OH excluding ortho intramolecular Hbond substituents is 2. The average molecular weight is 681 g/mol. The smallest absolute Gasteiger partial charge is 0.201 e. The molecule has 50 heavy (non-hydrogen) atoms. The number of hydrogen-bond acceptors (Lipinski definition) is 8. The number of nitrogens with one attached hydrogen (secondary N) is 2. The SMILES string of the molecule is COc1c(O)c(O)c(CO)c(C2CC(O)C3CCC(c4ccc(O)c(C5C=CCC6CC7NCC=CC7=CC65)c4)CC3O2)c1Cc1cc[nH]c1. The Morgan fingerprint density at radius 2 is 1.88 bits per heavy atom. The fourth-order valence-electron chi connectivity index (χ4n) is 9.77. The molecule has 1 saturated carbocycles. The van der Waals surface area contributed by atoms with Gasteiger partial charge in [-0.2, -0.15) is 0 Å². The van der Waals surface area contributed by atoms with Gasteiger partial charge in [0, 0.05) is 66.3 Å². The second-order valence-corrected chi connectivity index (χ2v) is 14.9. The van der Waals surface area contributed by atoms with Gasteiger partial charge < -0.3 is 45.3 Å². The van der Waals surface area contributed by atoms with Crippen molar-refractivity contribution in [2.75, 3.05) is 13.7 Å².